The van der Waals surface area contributed by atoms with Crippen molar-refractivity contribution in [1.29, 1.82) is 0 Å². The lowest BCUT2D eigenvalue weighted by atomic mass is 10.1. The first-order valence-electron chi connectivity index (χ1n) is 4.81. The van der Waals surface area contributed by atoms with Crippen LogP contribution in [0.25, 0.3) is 10.9 Å². The van der Waals surface area contributed by atoms with Crippen LogP contribution in [0.2, 0.25) is 0 Å². The second-order valence-corrected chi connectivity index (χ2v) is 3.47. The van der Waals surface area contributed by atoms with E-state index in [1.165, 1.54) is 10.9 Å². The molecule has 1 aromatic heterocycles. The Bertz CT molecular complexity index is 431. The van der Waals surface area contributed by atoms with Crippen molar-refractivity contribution in [1.82, 2.24) is 10.3 Å². The zero-order chi connectivity index (χ0) is 9.97. The number of fused-ring (bicyclic) bond motifs is 1. The number of nitrogens with two attached hydrogens (primary N) is 1. The number of H-pyrrole nitrogens is 1. The summed E-state index contributed by atoms with van der Waals surface area (Å²) in [6.07, 6.45) is 3.08. The van der Waals surface area contributed by atoms with E-state index >= 15 is 0 Å². The average Bonchev–Trinajstić information content (AvgIpc) is 2.57. The average molecular weight is 189 g/mol. The number of hydrogen-bond acceptors (Lipinski definition) is 2. The molecule has 3 heteroatoms. The first kappa shape index (κ1) is 9.09. The van der Waals surface area contributed by atoms with Crippen molar-refractivity contribution in [3.05, 3.63) is 30.0 Å². The maximum Gasteiger partial charge on any atom is 0.0458 e. The molecule has 0 spiro atoms. The molecule has 4 N–H and O–H groups in total. The van der Waals surface area contributed by atoms with Gasteiger partial charge in [-0.15, -0.1) is 0 Å². The number of anilines is 1. The summed E-state index contributed by atoms with van der Waals surface area (Å²) < 4.78 is 0. The molecule has 3 nitrogen and oxygen atoms in total. The number of nitrogen functional groups attached to an aromatic ring is 1. The molecule has 0 aliphatic heterocycles. The molecule has 74 valence electrons. The summed E-state index contributed by atoms with van der Waals surface area (Å²) in [5.74, 6) is 0. The summed E-state index contributed by atoms with van der Waals surface area (Å²) in [7, 11) is 1.96. The van der Waals surface area contributed by atoms with Crippen molar-refractivity contribution >= 4 is 16.6 Å². The second kappa shape index (κ2) is 3.72. The zero-order valence-electron chi connectivity index (χ0n) is 8.30. The lowest BCUT2D eigenvalue weighted by molar-refractivity contribution is 0.795. The van der Waals surface area contributed by atoms with Crippen LogP contribution in [0.1, 0.15) is 5.56 Å². The quantitative estimate of drug-likeness (QED) is 0.641. The van der Waals surface area contributed by atoms with Crippen molar-refractivity contribution in [2.75, 3.05) is 19.3 Å². The highest BCUT2D eigenvalue weighted by Crippen LogP contribution is 2.20. The van der Waals surface area contributed by atoms with E-state index in [4.69, 9.17) is 5.73 Å². The van der Waals surface area contributed by atoms with Gasteiger partial charge in [0.25, 0.3) is 0 Å². The van der Waals surface area contributed by atoms with E-state index in [2.05, 4.69) is 16.5 Å². The first-order valence-corrected chi connectivity index (χ1v) is 4.81. The molecular weight excluding hydrogens is 174 g/mol. The number of nitrogens with one attached hydrogen (secondary N) is 2. The fourth-order valence-corrected chi connectivity index (χ4v) is 1.66. The number of likely N-dealkylation sites (N-methyl/N-ethyl adjacent to an activating group) is 1. The third kappa shape index (κ3) is 1.59. The van der Waals surface area contributed by atoms with Gasteiger partial charge < -0.3 is 16.0 Å². The molecule has 0 aliphatic rings. The van der Waals surface area contributed by atoms with Crippen LogP contribution in [0.3, 0.4) is 0 Å². The molecule has 0 atom stereocenters. The van der Waals surface area contributed by atoms with Crippen LogP contribution < -0.4 is 11.1 Å². The van der Waals surface area contributed by atoms with E-state index in [1.807, 2.05) is 25.2 Å². The summed E-state index contributed by atoms with van der Waals surface area (Å²) in [6, 6.07) is 5.96. The molecule has 0 saturated carbocycles. The molecule has 2 aromatic rings. The van der Waals surface area contributed by atoms with E-state index in [0.717, 1.165) is 24.2 Å². The van der Waals surface area contributed by atoms with Crippen LogP contribution in [0.4, 0.5) is 5.69 Å². The van der Waals surface area contributed by atoms with Crippen molar-refractivity contribution in [2.45, 2.75) is 6.42 Å². The summed E-state index contributed by atoms with van der Waals surface area (Å²) in [5, 5.41) is 4.38. The van der Waals surface area contributed by atoms with Crippen molar-refractivity contribution in [3.63, 3.8) is 0 Å². The van der Waals surface area contributed by atoms with Crippen molar-refractivity contribution < 1.29 is 0 Å². The summed E-state index contributed by atoms with van der Waals surface area (Å²) in [4.78, 5) is 3.24. The van der Waals surface area contributed by atoms with Crippen molar-refractivity contribution in [3.8, 4) is 0 Å². The van der Waals surface area contributed by atoms with Gasteiger partial charge in [0.2, 0.25) is 0 Å². The van der Waals surface area contributed by atoms with Gasteiger partial charge in [0, 0.05) is 22.8 Å². The fourth-order valence-electron chi connectivity index (χ4n) is 1.66. The molecule has 1 aromatic carbocycles. The van der Waals surface area contributed by atoms with Crippen LogP contribution in [-0.4, -0.2) is 18.6 Å². The maximum atomic E-state index is 5.75. The highest BCUT2D eigenvalue weighted by atomic mass is 14.8. The molecule has 0 saturated heterocycles. The highest BCUT2D eigenvalue weighted by Gasteiger charge is 2.02. The molecule has 0 radical (unpaired) electrons. The van der Waals surface area contributed by atoms with E-state index in [9.17, 15) is 0 Å². The van der Waals surface area contributed by atoms with Crippen LogP contribution >= 0.6 is 0 Å². The predicted octanol–water partition coefficient (Wildman–Crippen LogP) is 1.51. The standard InChI is InChI=1S/C11H15N3/c1-13-5-4-8-7-14-11-3-2-9(12)6-10(8)11/h2-3,6-7,13-14H,4-5,12H2,1H3. The van der Waals surface area contributed by atoms with Gasteiger partial charge in [-0.25, -0.2) is 0 Å². The van der Waals surface area contributed by atoms with Crippen LogP contribution in [0.15, 0.2) is 24.4 Å². The lowest BCUT2D eigenvalue weighted by Gasteiger charge is -1.99. The minimum Gasteiger partial charge on any atom is -0.399 e. The molecule has 0 amide bonds. The maximum absolute atomic E-state index is 5.75. The molecule has 2 rings (SSSR count). The van der Waals surface area contributed by atoms with Gasteiger partial charge in [0.15, 0.2) is 0 Å². The van der Waals surface area contributed by atoms with Gasteiger partial charge in [0.05, 0.1) is 0 Å². The van der Waals surface area contributed by atoms with Gasteiger partial charge in [-0.1, -0.05) is 0 Å². The Morgan fingerprint density at radius 3 is 3.07 bits per heavy atom. The Morgan fingerprint density at radius 2 is 2.29 bits per heavy atom. The van der Waals surface area contributed by atoms with Gasteiger partial charge in [-0.3, -0.25) is 0 Å². The van der Waals surface area contributed by atoms with Gasteiger partial charge in [-0.05, 0) is 43.8 Å². The minimum absolute atomic E-state index is 0.822. The molecule has 14 heavy (non-hydrogen) atoms. The topological polar surface area (TPSA) is 53.8 Å². The minimum atomic E-state index is 0.822. The Hall–Kier alpha value is -1.48. The van der Waals surface area contributed by atoms with Crippen LogP contribution in [0, 0.1) is 0 Å². The number of rotatable bonds is 3. The van der Waals surface area contributed by atoms with Gasteiger partial charge in [0.1, 0.15) is 0 Å². The Morgan fingerprint density at radius 1 is 1.43 bits per heavy atom. The molecule has 0 fully saturated rings. The van der Waals surface area contributed by atoms with Crippen LogP contribution in [-0.2, 0) is 6.42 Å². The Labute approximate surface area is 83.3 Å². The predicted molar refractivity (Wildman–Crippen MR) is 60.3 cm³/mol. The Kier molecular flexibility index (Phi) is 2.41. The molecule has 0 bridgehead atoms. The Balaban J connectivity index is 2.40. The third-order valence-electron chi connectivity index (χ3n) is 2.44. The summed E-state index contributed by atoms with van der Waals surface area (Å²) in [6.45, 7) is 0.988. The van der Waals surface area contributed by atoms with Gasteiger partial charge in [-0.2, -0.15) is 0 Å². The zero-order valence-corrected chi connectivity index (χ0v) is 8.30. The summed E-state index contributed by atoms with van der Waals surface area (Å²) >= 11 is 0. The number of benzene rings is 1. The SMILES string of the molecule is CNCCc1c[nH]c2ccc(N)cc12. The van der Waals surface area contributed by atoms with E-state index < -0.39 is 0 Å². The summed E-state index contributed by atoms with van der Waals surface area (Å²) in [5.41, 5.74) is 9.05. The molecule has 1 heterocycles. The smallest absolute Gasteiger partial charge is 0.0458 e. The number of hydrogen-bond donors (Lipinski definition) is 3. The first-order chi connectivity index (χ1) is 6.81. The largest absolute Gasteiger partial charge is 0.399 e. The molecule has 0 unspecified atom stereocenters. The van der Waals surface area contributed by atoms with E-state index in [0.29, 0.717) is 0 Å². The lowest BCUT2D eigenvalue weighted by Crippen LogP contribution is -2.09. The third-order valence-corrected chi connectivity index (χ3v) is 2.44. The van der Waals surface area contributed by atoms with Gasteiger partial charge >= 0.3 is 0 Å². The fraction of sp³-hybridized carbons (Fsp3) is 0.273. The number of aromatic nitrogens is 1. The van der Waals surface area contributed by atoms with Crippen LogP contribution in [0.5, 0.6) is 0 Å². The molecular formula is C11H15N3. The molecule has 0 aliphatic carbocycles. The normalized spacial score (nSPS) is 10.9. The number of aromatic amines is 1. The van der Waals surface area contributed by atoms with E-state index in [1.54, 1.807) is 0 Å². The monoisotopic (exact) mass is 189 g/mol. The van der Waals surface area contributed by atoms with Crippen molar-refractivity contribution in [2.24, 2.45) is 0 Å². The van der Waals surface area contributed by atoms with E-state index in [-0.39, 0.29) is 0 Å². The highest BCUT2D eigenvalue weighted by molar-refractivity contribution is 5.86. The second-order valence-electron chi connectivity index (χ2n) is 3.47.